The van der Waals surface area contributed by atoms with Crippen LogP contribution in [0, 0.1) is 12.3 Å². The first-order valence-electron chi connectivity index (χ1n) is 6.79. The zero-order valence-electron chi connectivity index (χ0n) is 12.2. The maximum Gasteiger partial charge on any atom is 0.0660 e. The topological polar surface area (TPSA) is 16.1 Å². The highest BCUT2D eigenvalue weighted by Gasteiger charge is 2.30. The predicted octanol–water partition coefficient (Wildman–Crippen LogP) is 4.05. The van der Waals surface area contributed by atoms with Crippen LogP contribution in [0.5, 0.6) is 0 Å². The van der Waals surface area contributed by atoms with Crippen LogP contribution in [0.3, 0.4) is 0 Å². The molecule has 0 aromatic carbocycles. The summed E-state index contributed by atoms with van der Waals surface area (Å²) in [7, 11) is 0. The van der Waals surface area contributed by atoms with Crippen LogP contribution < -0.4 is 4.90 Å². The molecule has 1 aliphatic heterocycles. The van der Waals surface area contributed by atoms with Gasteiger partial charge >= 0.3 is 0 Å². The van der Waals surface area contributed by atoms with E-state index in [4.69, 9.17) is 4.98 Å². The van der Waals surface area contributed by atoms with Crippen molar-refractivity contribution in [3.8, 4) is 0 Å². The van der Waals surface area contributed by atoms with Crippen molar-refractivity contribution in [2.24, 2.45) is 5.41 Å². The molecule has 0 bridgehead atoms. The van der Waals surface area contributed by atoms with Crippen LogP contribution >= 0.6 is 0 Å². The fraction of sp³-hybridized carbons (Fsp3) is 0.562. The first-order chi connectivity index (χ1) is 8.43. The summed E-state index contributed by atoms with van der Waals surface area (Å²) in [5.74, 6) is 0. The molecule has 1 fully saturated rings. The molecule has 0 amide bonds. The largest absolute Gasteiger partial charge is 0.370 e. The molecule has 0 atom stereocenters. The number of anilines is 1. The van der Waals surface area contributed by atoms with Crippen molar-refractivity contribution >= 4 is 11.3 Å². The van der Waals surface area contributed by atoms with Gasteiger partial charge in [-0.05, 0) is 50.3 Å². The minimum Gasteiger partial charge on any atom is -0.370 e. The van der Waals surface area contributed by atoms with Crippen LogP contribution in [0.1, 0.15) is 45.5 Å². The Kier molecular flexibility index (Phi) is 3.47. The van der Waals surface area contributed by atoms with Crippen LogP contribution in [0.25, 0.3) is 5.57 Å². The normalized spacial score (nSPS) is 19.4. The zero-order valence-corrected chi connectivity index (χ0v) is 12.2. The molecular weight excluding hydrogens is 220 g/mol. The Hall–Kier alpha value is -1.31. The lowest BCUT2D eigenvalue weighted by molar-refractivity contribution is 0.418. The lowest BCUT2D eigenvalue weighted by atomic mass is 9.93. The van der Waals surface area contributed by atoms with Crippen molar-refractivity contribution in [2.45, 2.75) is 41.0 Å². The molecule has 18 heavy (non-hydrogen) atoms. The highest BCUT2D eigenvalue weighted by Crippen LogP contribution is 2.33. The lowest BCUT2D eigenvalue weighted by Crippen LogP contribution is -2.23. The van der Waals surface area contributed by atoms with Gasteiger partial charge in [0, 0.05) is 13.1 Å². The Bertz CT molecular complexity index is 472. The predicted molar refractivity (Wildman–Crippen MR) is 78.9 cm³/mol. The number of nitrogens with zero attached hydrogens (tertiary/aromatic N) is 2. The number of allylic oxidation sites excluding steroid dienone is 2. The maximum atomic E-state index is 4.73. The third kappa shape index (κ3) is 2.58. The average molecular weight is 244 g/mol. The van der Waals surface area contributed by atoms with Crippen molar-refractivity contribution < 1.29 is 0 Å². The van der Waals surface area contributed by atoms with Crippen molar-refractivity contribution in [1.29, 1.82) is 0 Å². The van der Waals surface area contributed by atoms with Gasteiger partial charge in [-0.2, -0.15) is 0 Å². The molecule has 1 aliphatic rings. The van der Waals surface area contributed by atoms with Gasteiger partial charge in [0.05, 0.1) is 17.1 Å². The quantitative estimate of drug-likeness (QED) is 0.780. The number of aryl methyl sites for hydroxylation is 1. The molecule has 98 valence electrons. The highest BCUT2D eigenvalue weighted by molar-refractivity contribution is 5.63. The summed E-state index contributed by atoms with van der Waals surface area (Å²) in [6.45, 7) is 13.3. The minimum atomic E-state index is 0.435. The van der Waals surface area contributed by atoms with Gasteiger partial charge in [0.15, 0.2) is 0 Å². The van der Waals surface area contributed by atoms with Crippen molar-refractivity contribution in [1.82, 2.24) is 4.98 Å². The molecule has 1 saturated heterocycles. The molecule has 0 aliphatic carbocycles. The summed E-state index contributed by atoms with van der Waals surface area (Å²) in [6.07, 6.45) is 3.38. The number of pyridine rings is 1. The first-order valence-corrected chi connectivity index (χ1v) is 6.79. The molecule has 0 spiro atoms. The van der Waals surface area contributed by atoms with E-state index < -0.39 is 0 Å². The van der Waals surface area contributed by atoms with Crippen LogP contribution in [-0.2, 0) is 0 Å². The smallest absolute Gasteiger partial charge is 0.0660 e. The van der Waals surface area contributed by atoms with E-state index >= 15 is 0 Å². The lowest BCUT2D eigenvalue weighted by Gasteiger charge is -2.23. The Labute approximate surface area is 111 Å². The average Bonchev–Trinajstić information content (AvgIpc) is 2.68. The molecule has 2 nitrogen and oxygen atoms in total. The highest BCUT2D eigenvalue weighted by atomic mass is 15.2. The number of hydrogen-bond donors (Lipinski definition) is 0. The second-order valence-corrected chi connectivity index (χ2v) is 6.11. The second-order valence-electron chi connectivity index (χ2n) is 6.11. The Morgan fingerprint density at radius 1 is 1.39 bits per heavy atom. The fourth-order valence-corrected chi connectivity index (χ4v) is 2.57. The van der Waals surface area contributed by atoms with Gasteiger partial charge in [-0.25, -0.2) is 0 Å². The summed E-state index contributed by atoms with van der Waals surface area (Å²) in [6, 6.07) is 4.37. The van der Waals surface area contributed by atoms with Gasteiger partial charge in [-0.1, -0.05) is 19.9 Å². The molecule has 0 N–H and O–H groups in total. The Balaban J connectivity index is 2.26. The van der Waals surface area contributed by atoms with E-state index in [2.05, 4.69) is 57.7 Å². The number of hydrogen-bond acceptors (Lipinski definition) is 2. The second kappa shape index (κ2) is 4.75. The van der Waals surface area contributed by atoms with Gasteiger partial charge in [0.1, 0.15) is 0 Å². The third-order valence-corrected chi connectivity index (χ3v) is 3.91. The van der Waals surface area contributed by atoms with E-state index in [1.165, 1.54) is 17.7 Å². The summed E-state index contributed by atoms with van der Waals surface area (Å²) in [5.41, 5.74) is 5.22. The summed E-state index contributed by atoms with van der Waals surface area (Å²) < 4.78 is 0. The van der Waals surface area contributed by atoms with E-state index in [9.17, 15) is 0 Å². The van der Waals surface area contributed by atoms with E-state index in [-0.39, 0.29) is 0 Å². The summed E-state index contributed by atoms with van der Waals surface area (Å²) >= 11 is 0. The molecule has 1 aromatic heterocycles. The molecule has 2 heterocycles. The van der Waals surface area contributed by atoms with Gasteiger partial charge in [-0.3, -0.25) is 4.98 Å². The van der Waals surface area contributed by atoms with Crippen LogP contribution in [0.4, 0.5) is 5.69 Å². The first kappa shape index (κ1) is 13.1. The molecule has 2 heteroatoms. The van der Waals surface area contributed by atoms with Crippen molar-refractivity contribution in [2.75, 3.05) is 18.0 Å². The summed E-state index contributed by atoms with van der Waals surface area (Å²) in [5, 5.41) is 0. The molecule has 0 unspecified atom stereocenters. The molecule has 0 radical (unpaired) electrons. The Morgan fingerprint density at radius 3 is 2.61 bits per heavy atom. The van der Waals surface area contributed by atoms with Crippen molar-refractivity contribution in [3.05, 3.63) is 29.6 Å². The third-order valence-electron chi connectivity index (χ3n) is 3.91. The standard InChI is InChI=1S/C16H24N2/c1-6-12(2)14-7-8-15(13(3)17-14)18-10-9-16(4,5)11-18/h6-8H,9-11H2,1-5H3. The van der Waals surface area contributed by atoms with Gasteiger partial charge < -0.3 is 4.90 Å². The van der Waals surface area contributed by atoms with E-state index in [1.54, 1.807) is 0 Å². The van der Waals surface area contributed by atoms with E-state index in [1.807, 2.05) is 0 Å². The van der Waals surface area contributed by atoms with Crippen LogP contribution in [0.15, 0.2) is 18.2 Å². The molecule has 0 saturated carbocycles. The SMILES string of the molecule is CC=C(C)c1ccc(N2CCC(C)(C)C2)c(C)n1. The monoisotopic (exact) mass is 244 g/mol. The molecular formula is C16H24N2. The summed E-state index contributed by atoms with van der Waals surface area (Å²) in [4.78, 5) is 7.20. The van der Waals surface area contributed by atoms with Gasteiger partial charge in [0.25, 0.3) is 0 Å². The van der Waals surface area contributed by atoms with Crippen molar-refractivity contribution in [3.63, 3.8) is 0 Å². The zero-order chi connectivity index (χ0) is 13.3. The van der Waals surface area contributed by atoms with Gasteiger partial charge in [-0.15, -0.1) is 0 Å². The van der Waals surface area contributed by atoms with Crippen LogP contribution in [-0.4, -0.2) is 18.1 Å². The fourth-order valence-electron chi connectivity index (χ4n) is 2.57. The van der Waals surface area contributed by atoms with Crippen LogP contribution in [0.2, 0.25) is 0 Å². The minimum absolute atomic E-state index is 0.435. The molecule has 1 aromatic rings. The molecule has 2 rings (SSSR count). The number of aromatic nitrogens is 1. The maximum absolute atomic E-state index is 4.73. The van der Waals surface area contributed by atoms with E-state index in [0.717, 1.165) is 24.5 Å². The van der Waals surface area contributed by atoms with E-state index in [0.29, 0.717) is 5.41 Å². The Morgan fingerprint density at radius 2 is 2.11 bits per heavy atom. The van der Waals surface area contributed by atoms with Gasteiger partial charge in [0.2, 0.25) is 0 Å². The number of rotatable bonds is 2.